The molecule has 0 spiro atoms. The SMILES string of the molecule is CCc1cccc(C=C(Cl)C(=O)O)c1. The summed E-state index contributed by atoms with van der Waals surface area (Å²) in [4.78, 5) is 10.5. The monoisotopic (exact) mass is 210 g/mol. The van der Waals surface area contributed by atoms with Gasteiger partial charge in [0.2, 0.25) is 0 Å². The van der Waals surface area contributed by atoms with Gasteiger partial charge < -0.3 is 5.11 Å². The number of benzene rings is 1. The number of hydrogen-bond donors (Lipinski definition) is 1. The minimum absolute atomic E-state index is 0.168. The van der Waals surface area contributed by atoms with Crippen molar-refractivity contribution < 1.29 is 9.90 Å². The lowest BCUT2D eigenvalue weighted by molar-refractivity contribution is -0.131. The van der Waals surface area contributed by atoms with E-state index in [2.05, 4.69) is 0 Å². The van der Waals surface area contributed by atoms with Gasteiger partial charge in [0.25, 0.3) is 0 Å². The average Bonchev–Trinajstić information content (AvgIpc) is 2.18. The summed E-state index contributed by atoms with van der Waals surface area (Å²) in [5.74, 6) is -1.10. The summed E-state index contributed by atoms with van der Waals surface area (Å²) in [6.07, 6.45) is 2.37. The van der Waals surface area contributed by atoms with Gasteiger partial charge in [-0.3, -0.25) is 0 Å². The van der Waals surface area contributed by atoms with Gasteiger partial charge in [-0.1, -0.05) is 42.8 Å². The van der Waals surface area contributed by atoms with Crippen molar-refractivity contribution in [1.82, 2.24) is 0 Å². The molecule has 0 aliphatic carbocycles. The molecule has 0 aliphatic heterocycles. The van der Waals surface area contributed by atoms with E-state index in [-0.39, 0.29) is 5.03 Å². The number of aliphatic carboxylic acids is 1. The number of carbonyl (C=O) groups is 1. The van der Waals surface area contributed by atoms with Gasteiger partial charge in [0.1, 0.15) is 5.03 Å². The van der Waals surface area contributed by atoms with Gasteiger partial charge in [0.15, 0.2) is 0 Å². The Labute approximate surface area is 87.8 Å². The van der Waals surface area contributed by atoms with Crippen molar-refractivity contribution in [2.45, 2.75) is 13.3 Å². The second kappa shape index (κ2) is 4.82. The summed E-state index contributed by atoms with van der Waals surface area (Å²) >= 11 is 5.51. The lowest BCUT2D eigenvalue weighted by Gasteiger charge is -1.98. The predicted molar refractivity (Wildman–Crippen MR) is 57.3 cm³/mol. The second-order valence-corrected chi connectivity index (χ2v) is 3.30. The van der Waals surface area contributed by atoms with Crippen LogP contribution in [-0.4, -0.2) is 11.1 Å². The highest BCUT2D eigenvalue weighted by atomic mass is 35.5. The Bertz CT molecular complexity index is 369. The number of carboxylic acids is 1. The topological polar surface area (TPSA) is 37.3 Å². The molecule has 74 valence electrons. The molecule has 1 aromatic carbocycles. The summed E-state index contributed by atoms with van der Waals surface area (Å²) in [6, 6.07) is 7.62. The second-order valence-electron chi connectivity index (χ2n) is 2.90. The smallest absolute Gasteiger partial charge is 0.347 e. The zero-order chi connectivity index (χ0) is 10.6. The van der Waals surface area contributed by atoms with Crippen molar-refractivity contribution in [2.24, 2.45) is 0 Å². The van der Waals surface area contributed by atoms with E-state index in [0.29, 0.717) is 0 Å². The zero-order valence-corrected chi connectivity index (χ0v) is 8.58. The van der Waals surface area contributed by atoms with E-state index in [1.54, 1.807) is 0 Å². The predicted octanol–water partition coefficient (Wildman–Crippen LogP) is 2.91. The third kappa shape index (κ3) is 2.89. The maximum absolute atomic E-state index is 10.5. The Morgan fingerprint density at radius 2 is 2.29 bits per heavy atom. The van der Waals surface area contributed by atoms with Crippen LogP contribution in [0.1, 0.15) is 18.1 Å². The molecule has 0 radical (unpaired) electrons. The van der Waals surface area contributed by atoms with Gasteiger partial charge in [-0.2, -0.15) is 0 Å². The van der Waals surface area contributed by atoms with E-state index in [1.165, 1.54) is 6.08 Å². The summed E-state index contributed by atoms with van der Waals surface area (Å²) in [6.45, 7) is 2.04. The number of carboxylic acid groups (broad SMARTS) is 1. The first-order valence-electron chi connectivity index (χ1n) is 4.33. The first-order chi connectivity index (χ1) is 6.63. The molecule has 3 heteroatoms. The molecule has 2 nitrogen and oxygen atoms in total. The van der Waals surface area contributed by atoms with Crippen LogP contribution in [0.2, 0.25) is 0 Å². The molecule has 0 bridgehead atoms. The summed E-state index contributed by atoms with van der Waals surface area (Å²) in [5.41, 5.74) is 1.98. The molecule has 0 aliphatic rings. The van der Waals surface area contributed by atoms with Crippen LogP contribution in [0, 0.1) is 0 Å². The Morgan fingerprint density at radius 3 is 2.86 bits per heavy atom. The van der Waals surface area contributed by atoms with E-state index in [0.717, 1.165) is 17.5 Å². The quantitative estimate of drug-likeness (QED) is 0.779. The summed E-state index contributed by atoms with van der Waals surface area (Å²) < 4.78 is 0. The normalized spacial score (nSPS) is 11.4. The third-order valence-electron chi connectivity index (χ3n) is 1.86. The molecule has 1 aromatic rings. The van der Waals surface area contributed by atoms with Gasteiger partial charge in [-0.05, 0) is 23.6 Å². The van der Waals surface area contributed by atoms with Crippen molar-refractivity contribution in [1.29, 1.82) is 0 Å². The number of aryl methyl sites for hydroxylation is 1. The number of rotatable bonds is 3. The molecule has 1 rings (SSSR count). The Kier molecular flexibility index (Phi) is 3.72. The first-order valence-corrected chi connectivity index (χ1v) is 4.70. The Balaban J connectivity index is 2.97. The fourth-order valence-electron chi connectivity index (χ4n) is 1.11. The van der Waals surface area contributed by atoms with Crippen LogP contribution in [0.15, 0.2) is 29.3 Å². The molecule has 0 aromatic heterocycles. The van der Waals surface area contributed by atoms with Gasteiger partial charge in [-0.25, -0.2) is 4.79 Å². The van der Waals surface area contributed by atoms with Crippen molar-refractivity contribution in [2.75, 3.05) is 0 Å². The van der Waals surface area contributed by atoms with E-state index < -0.39 is 5.97 Å². The van der Waals surface area contributed by atoms with Crippen LogP contribution in [0.25, 0.3) is 6.08 Å². The van der Waals surface area contributed by atoms with Crippen molar-refractivity contribution in [3.05, 3.63) is 40.4 Å². The molecule has 14 heavy (non-hydrogen) atoms. The van der Waals surface area contributed by atoms with E-state index >= 15 is 0 Å². The fraction of sp³-hybridized carbons (Fsp3) is 0.182. The standard InChI is InChI=1S/C11H11ClO2/c1-2-8-4-3-5-9(6-8)7-10(12)11(13)14/h3-7H,2H2,1H3,(H,13,14). The van der Waals surface area contributed by atoms with E-state index in [1.807, 2.05) is 31.2 Å². The van der Waals surface area contributed by atoms with Crippen LogP contribution in [0.3, 0.4) is 0 Å². The molecule has 1 N–H and O–H groups in total. The van der Waals surface area contributed by atoms with Gasteiger partial charge in [-0.15, -0.1) is 0 Å². The van der Waals surface area contributed by atoms with Crippen molar-refractivity contribution in [3.8, 4) is 0 Å². The molecule has 0 heterocycles. The van der Waals surface area contributed by atoms with Gasteiger partial charge in [0, 0.05) is 0 Å². The maximum atomic E-state index is 10.5. The third-order valence-corrected chi connectivity index (χ3v) is 2.13. The summed E-state index contributed by atoms with van der Waals surface area (Å²) in [7, 11) is 0. The van der Waals surface area contributed by atoms with Gasteiger partial charge >= 0.3 is 5.97 Å². The molecule has 0 saturated heterocycles. The van der Waals surface area contributed by atoms with Crippen molar-refractivity contribution >= 4 is 23.6 Å². The first kappa shape index (κ1) is 10.8. The van der Waals surface area contributed by atoms with Crippen LogP contribution in [0.4, 0.5) is 0 Å². The average molecular weight is 211 g/mol. The van der Waals surface area contributed by atoms with Crippen LogP contribution in [-0.2, 0) is 11.2 Å². The maximum Gasteiger partial charge on any atom is 0.347 e. The van der Waals surface area contributed by atoms with Crippen molar-refractivity contribution in [3.63, 3.8) is 0 Å². The number of hydrogen-bond acceptors (Lipinski definition) is 1. The lowest BCUT2D eigenvalue weighted by atomic mass is 10.1. The Morgan fingerprint density at radius 1 is 1.57 bits per heavy atom. The van der Waals surface area contributed by atoms with E-state index in [9.17, 15) is 4.79 Å². The Hall–Kier alpha value is -1.28. The lowest BCUT2D eigenvalue weighted by Crippen LogP contribution is -1.93. The van der Waals surface area contributed by atoms with Crippen LogP contribution < -0.4 is 0 Å². The summed E-state index contributed by atoms with van der Waals surface area (Å²) in [5, 5.41) is 8.40. The highest BCUT2D eigenvalue weighted by molar-refractivity contribution is 6.42. The van der Waals surface area contributed by atoms with Gasteiger partial charge in [0.05, 0.1) is 0 Å². The number of halogens is 1. The highest BCUT2D eigenvalue weighted by Crippen LogP contribution is 2.12. The minimum atomic E-state index is -1.10. The minimum Gasteiger partial charge on any atom is -0.477 e. The molecule has 0 atom stereocenters. The molecule has 0 amide bonds. The molecule has 0 unspecified atom stereocenters. The fourth-order valence-corrected chi connectivity index (χ4v) is 1.24. The molecule has 0 saturated carbocycles. The molecule has 0 fully saturated rings. The van der Waals surface area contributed by atoms with E-state index in [4.69, 9.17) is 16.7 Å². The zero-order valence-electron chi connectivity index (χ0n) is 7.83. The largest absolute Gasteiger partial charge is 0.477 e. The van der Waals surface area contributed by atoms with Crippen LogP contribution >= 0.6 is 11.6 Å². The molecular formula is C11H11ClO2. The molecular weight excluding hydrogens is 200 g/mol. The van der Waals surface area contributed by atoms with Crippen LogP contribution in [0.5, 0.6) is 0 Å². The highest BCUT2D eigenvalue weighted by Gasteiger charge is 2.02.